The summed E-state index contributed by atoms with van der Waals surface area (Å²) in [6.07, 6.45) is 0. The Kier molecular flexibility index (Phi) is 4.42. The van der Waals surface area contributed by atoms with Gasteiger partial charge in [0.2, 0.25) is 0 Å². The first-order valence-electron chi connectivity index (χ1n) is 6.24. The Morgan fingerprint density at radius 3 is 2.59 bits per heavy atom. The Labute approximate surface area is 130 Å². The van der Waals surface area contributed by atoms with Crippen LogP contribution in [-0.4, -0.2) is 28.3 Å². The fourth-order valence-electron chi connectivity index (χ4n) is 2.02. The van der Waals surface area contributed by atoms with Gasteiger partial charge in [-0.25, -0.2) is 9.18 Å². The third-order valence-corrected chi connectivity index (χ3v) is 3.45. The molecule has 0 amide bonds. The molecule has 0 fully saturated rings. The van der Waals surface area contributed by atoms with Crippen LogP contribution in [0.1, 0.15) is 15.9 Å². The molecule has 0 aliphatic carbocycles. The molecule has 116 valence electrons. The number of phenols is 2. The number of rotatable bonds is 4. The summed E-state index contributed by atoms with van der Waals surface area (Å²) in [6, 6.07) is 6.21. The van der Waals surface area contributed by atoms with Gasteiger partial charge in [-0.3, -0.25) is 0 Å². The molecule has 0 bridgehead atoms. The summed E-state index contributed by atoms with van der Waals surface area (Å²) in [5, 5.41) is 28.2. The Morgan fingerprint density at radius 2 is 1.95 bits per heavy atom. The van der Waals surface area contributed by atoms with Crippen LogP contribution in [0.25, 0.3) is 0 Å². The number of aromatic hydroxyl groups is 2. The fraction of sp³-hybridized carbons (Fsp3) is 0.133. The molecule has 7 heteroatoms. The van der Waals surface area contributed by atoms with E-state index in [2.05, 4.69) is 0 Å². The summed E-state index contributed by atoms with van der Waals surface area (Å²) in [5.74, 6) is -2.42. The first-order chi connectivity index (χ1) is 10.3. The van der Waals surface area contributed by atoms with E-state index in [0.29, 0.717) is 5.69 Å². The van der Waals surface area contributed by atoms with Crippen molar-refractivity contribution < 1.29 is 24.5 Å². The van der Waals surface area contributed by atoms with Crippen molar-refractivity contribution in [3.8, 4) is 11.5 Å². The van der Waals surface area contributed by atoms with Gasteiger partial charge in [-0.05, 0) is 30.3 Å². The van der Waals surface area contributed by atoms with Crippen LogP contribution in [0.2, 0.25) is 5.02 Å². The predicted octanol–water partition coefficient (Wildman–Crippen LogP) is 3.22. The van der Waals surface area contributed by atoms with Crippen molar-refractivity contribution in [2.45, 2.75) is 6.54 Å². The molecule has 0 spiro atoms. The number of hydrogen-bond acceptors (Lipinski definition) is 4. The lowest BCUT2D eigenvalue weighted by molar-refractivity contribution is 0.0694. The summed E-state index contributed by atoms with van der Waals surface area (Å²) in [7, 11) is 1.64. The minimum Gasteiger partial charge on any atom is -0.507 e. The summed E-state index contributed by atoms with van der Waals surface area (Å²) < 4.78 is 13.4. The summed E-state index contributed by atoms with van der Waals surface area (Å²) >= 11 is 5.72. The molecule has 22 heavy (non-hydrogen) atoms. The van der Waals surface area contributed by atoms with Crippen LogP contribution in [0.4, 0.5) is 10.1 Å². The van der Waals surface area contributed by atoms with Crippen molar-refractivity contribution in [3.63, 3.8) is 0 Å². The number of carbonyl (C=O) groups is 1. The molecule has 0 saturated heterocycles. The highest BCUT2D eigenvalue weighted by Crippen LogP contribution is 2.31. The lowest BCUT2D eigenvalue weighted by Crippen LogP contribution is -2.17. The smallest absolute Gasteiger partial charge is 0.339 e. The zero-order valence-electron chi connectivity index (χ0n) is 11.5. The van der Waals surface area contributed by atoms with Crippen molar-refractivity contribution in [2.24, 2.45) is 0 Å². The van der Waals surface area contributed by atoms with Gasteiger partial charge in [-0.2, -0.15) is 0 Å². The third kappa shape index (κ3) is 3.23. The van der Waals surface area contributed by atoms with Crippen molar-refractivity contribution >= 4 is 23.3 Å². The molecule has 2 aromatic rings. The number of benzene rings is 2. The number of hydrogen-bond donors (Lipinski definition) is 3. The number of nitrogens with zero attached hydrogens (tertiary/aromatic N) is 1. The second kappa shape index (κ2) is 6.11. The van der Waals surface area contributed by atoms with Gasteiger partial charge in [0.05, 0.1) is 5.02 Å². The van der Waals surface area contributed by atoms with Gasteiger partial charge in [0.15, 0.2) is 0 Å². The van der Waals surface area contributed by atoms with E-state index in [0.717, 1.165) is 12.1 Å². The first-order valence-corrected chi connectivity index (χ1v) is 6.61. The molecule has 0 aromatic heterocycles. The van der Waals surface area contributed by atoms with E-state index >= 15 is 0 Å². The Bertz CT molecular complexity index is 736. The number of carboxylic acid groups (broad SMARTS) is 1. The minimum atomic E-state index is -1.26. The van der Waals surface area contributed by atoms with Gasteiger partial charge in [0.1, 0.15) is 22.9 Å². The van der Waals surface area contributed by atoms with Crippen LogP contribution in [0.5, 0.6) is 11.5 Å². The number of halogens is 2. The topological polar surface area (TPSA) is 81.0 Å². The lowest BCUT2D eigenvalue weighted by Gasteiger charge is -2.21. The molecule has 0 radical (unpaired) electrons. The molecule has 0 saturated carbocycles. The monoisotopic (exact) mass is 325 g/mol. The summed E-state index contributed by atoms with van der Waals surface area (Å²) in [5.41, 5.74) is 0.498. The number of anilines is 1. The predicted molar refractivity (Wildman–Crippen MR) is 80.2 cm³/mol. The zero-order valence-corrected chi connectivity index (χ0v) is 12.3. The van der Waals surface area contributed by atoms with Gasteiger partial charge in [0, 0.05) is 24.8 Å². The Hall–Kier alpha value is -2.47. The molecule has 2 aromatic carbocycles. The highest BCUT2D eigenvalue weighted by molar-refractivity contribution is 6.32. The largest absolute Gasteiger partial charge is 0.507 e. The molecule has 2 rings (SSSR count). The highest BCUT2D eigenvalue weighted by atomic mass is 35.5. The second-order valence-electron chi connectivity index (χ2n) is 4.76. The number of phenolic OH excluding ortho intramolecular Hbond substituents is 1. The van der Waals surface area contributed by atoms with E-state index < -0.39 is 11.8 Å². The number of aromatic carboxylic acids is 1. The summed E-state index contributed by atoms with van der Waals surface area (Å²) in [6.45, 7) is 0.104. The van der Waals surface area contributed by atoms with Crippen LogP contribution < -0.4 is 4.90 Å². The maximum absolute atomic E-state index is 13.4. The van der Waals surface area contributed by atoms with Crippen molar-refractivity contribution in [1.29, 1.82) is 0 Å². The van der Waals surface area contributed by atoms with E-state index in [1.807, 2.05) is 0 Å². The standard InChI is InChI=1S/C15H13ClFNO4/c1-18(7-8-4-9(17)5-12(16)14(8)20)10-2-3-13(19)11(6-10)15(21)22/h2-6,19-20H,7H2,1H3,(H,21,22). The molecule has 0 aliphatic heterocycles. The van der Waals surface area contributed by atoms with Crippen molar-refractivity contribution in [3.05, 3.63) is 52.3 Å². The van der Waals surface area contributed by atoms with E-state index in [1.54, 1.807) is 11.9 Å². The van der Waals surface area contributed by atoms with Crippen LogP contribution >= 0.6 is 11.6 Å². The Morgan fingerprint density at radius 1 is 1.27 bits per heavy atom. The molecule has 0 aliphatic rings. The molecule has 3 N–H and O–H groups in total. The zero-order chi connectivity index (χ0) is 16.4. The van der Waals surface area contributed by atoms with Gasteiger partial charge in [0.25, 0.3) is 0 Å². The number of carboxylic acids is 1. The SMILES string of the molecule is CN(Cc1cc(F)cc(Cl)c1O)c1ccc(O)c(C(=O)O)c1. The van der Waals surface area contributed by atoms with Crippen LogP contribution in [0.3, 0.4) is 0 Å². The minimum absolute atomic E-state index is 0.0969. The average molecular weight is 326 g/mol. The van der Waals surface area contributed by atoms with E-state index in [4.69, 9.17) is 16.7 Å². The van der Waals surface area contributed by atoms with Crippen LogP contribution in [0, 0.1) is 5.82 Å². The Balaban J connectivity index is 2.32. The van der Waals surface area contributed by atoms with Gasteiger partial charge < -0.3 is 20.2 Å². The summed E-state index contributed by atoms with van der Waals surface area (Å²) in [4.78, 5) is 12.6. The molecule has 0 atom stereocenters. The van der Waals surface area contributed by atoms with E-state index in [9.17, 15) is 19.4 Å². The molecule has 0 heterocycles. The molecular weight excluding hydrogens is 313 g/mol. The lowest BCUT2D eigenvalue weighted by atomic mass is 10.1. The average Bonchev–Trinajstić information content (AvgIpc) is 2.44. The molecule has 0 unspecified atom stereocenters. The first kappa shape index (κ1) is 15.9. The van der Waals surface area contributed by atoms with Gasteiger partial charge in [-0.15, -0.1) is 0 Å². The maximum atomic E-state index is 13.4. The van der Waals surface area contributed by atoms with Gasteiger partial charge >= 0.3 is 5.97 Å². The quantitative estimate of drug-likeness (QED) is 0.804. The maximum Gasteiger partial charge on any atom is 0.339 e. The van der Waals surface area contributed by atoms with E-state index in [1.165, 1.54) is 18.2 Å². The highest BCUT2D eigenvalue weighted by Gasteiger charge is 2.15. The normalized spacial score (nSPS) is 10.5. The molecular formula is C15H13ClFNO4. The van der Waals surface area contributed by atoms with E-state index in [-0.39, 0.29) is 34.2 Å². The van der Waals surface area contributed by atoms with Crippen LogP contribution in [0.15, 0.2) is 30.3 Å². The third-order valence-electron chi connectivity index (χ3n) is 3.17. The van der Waals surface area contributed by atoms with Crippen molar-refractivity contribution in [1.82, 2.24) is 0 Å². The van der Waals surface area contributed by atoms with Crippen LogP contribution in [-0.2, 0) is 6.54 Å². The second-order valence-corrected chi connectivity index (χ2v) is 5.17. The fourth-order valence-corrected chi connectivity index (χ4v) is 2.24. The van der Waals surface area contributed by atoms with Crippen molar-refractivity contribution in [2.75, 3.05) is 11.9 Å². The van der Waals surface area contributed by atoms with Gasteiger partial charge in [-0.1, -0.05) is 11.6 Å². The molecule has 5 nitrogen and oxygen atoms in total.